The molecule has 0 aliphatic heterocycles. The van der Waals surface area contributed by atoms with Crippen LogP contribution in [0.1, 0.15) is 50.3 Å². The van der Waals surface area contributed by atoms with Crippen LogP contribution < -0.4 is 5.32 Å². The first kappa shape index (κ1) is 15.7. The van der Waals surface area contributed by atoms with E-state index < -0.39 is 0 Å². The summed E-state index contributed by atoms with van der Waals surface area (Å²) in [6, 6.07) is 2.14. The third-order valence-corrected chi connectivity index (χ3v) is 3.51. The van der Waals surface area contributed by atoms with Crippen LogP contribution in [0.15, 0.2) is 18.5 Å². The van der Waals surface area contributed by atoms with E-state index in [1.165, 1.54) is 11.1 Å². The Kier molecular flexibility index (Phi) is 4.47. The normalized spacial score (nSPS) is 11.9. The number of pyridine rings is 1. The van der Waals surface area contributed by atoms with E-state index >= 15 is 0 Å². The molecule has 0 spiro atoms. The molecule has 0 amide bonds. The Balaban J connectivity index is 2.49. The second-order valence-corrected chi connectivity index (χ2v) is 6.55. The Hall–Kier alpha value is -1.68. The van der Waals surface area contributed by atoms with Gasteiger partial charge in [-0.1, -0.05) is 6.92 Å². The quantitative estimate of drug-likeness (QED) is 0.937. The van der Waals surface area contributed by atoms with Gasteiger partial charge in [0, 0.05) is 42.2 Å². The number of aromatic nitrogens is 3. The summed E-state index contributed by atoms with van der Waals surface area (Å²) in [5.41, 5.74) is 3.63. The van der Waals surface area contributed by atoms with Crippen molar-refractivity contribution in [2.75, 3.05) is 0 Å². The lowest BCUT2D eigenvalue weighted by atomic mass is 10.1. The third kappa shape index (κ3) is 3.70. The van der Waals surface area contributed by atoms with Crippen LogP contribution in [0.3, 0.4) is 0 Å². The van der Waals surface area contributed by atoms with Gasteiger partial charge in [0.15, 0.2) is 0 Å². The van der Waals surface area contributed by atoms with Crippen molar-refractivity contribution in [1.29, 1.82) is 0 Å². The first-order valence-electron chi connectivity index (χ1n) is 7.56. The van der Waals surface area contributed by atoms with Gasteiger partial charge in [0.25, 0.3) is 0 Å². The fraction of sp³-hybridized carbons (Fsp3) is 0.529. The lowest BCUT2D eigenvalue weighted by Gasteiger charge is -2.23. The van der Waals surface area contributed by atoms with E-state index in [2.05, 4.69) is 55.6 Å². The molecule has 0 aliphatic rings. The summed E-state index contributed by atoms with van der Waals surface area (Å²) in [4.78, 5) is 9.19. The zero-order chi connectivity index (χ0) is 15.6. The van der Waals surface area contributed by atoms with Crippen LogP contribution in [0, 0.1) is 13.8 Å². The molecule has 4 nitrogen and oxygen atoms in total. The molecule has 0 radical (unpaired) electrons. The van der Waals surface area contributed by atoms with Gasteiger partial charge in [0.1, 0.15) is 11.6 Å². The van der Waals surface area contributed by atoms with Gasteiger partial charge in [-0.2, -0.15) is 0 Å². The molecular weight excluding hydrogens is 260 g/mol. The summed E-state index contributed by atoms with van der Waals surface area (Å²) in [5.74, 6) is 2.04. The molecule has 0 aliphatic carbocycles. The Labute approximate surface area is 127 Å². The Morgan fingerprint density at radius 3 is 2.57 bits per heavy atom. The maximum absolute atomic E-state index is 4.77. The molecule has 2 rings (SSSR count). The molecule has 2 heterocycles. The van der Waals surface area contributed by atoms with Crippen molar-refractivity contribution in [3.8, 4) is 5.82 Å². The molecule has 1 N–H and O–H groups in total. The van der Waals surface area contributed by atoms with Gasteiger partial charge in [-0.3, -0.25) is 4.57 Å². The molecule has 0 bridgehead atoms. The second-order valence-electron chi connectivity index (χ2n) is 6.55. The number of nitrogens with zero attached hydrogens (tertiary/aromatic N) is 3. The van der Waals surface area contributed by atoms with Crippen LogP contribution >= 0.6 is 0 Å². The zero-order valence-corrected chi connectivity index (χ0v) is 14.0. The standard InChI is InChI=1S/C17H26N4/c1-7-15-18-8-9-21(15)16-14(11-19-17(4,5)6)12(2)10-13(3)20-16/h8-10,19H,7,11H2,1-6H3. The Morgan fingerprint density at radius 1 is 1.24 bits per heavy atom. The molecule has 0 saturated carbocycles. The fourth-order valence-electron chi connectivity index (χ4n) is 2.40. The molecule has 0 atom stereocenters. The summed E-state index contributed by atoms with van der Waals surface area (Å²) in [5, 5.41) is 3.56. The van der Waals surface area contributed by atoms with Crippen molar-refractivity contribution in [2.45, 2.75) is 60.0 Å². The van der Waals surface area contributed by atoms with Crippen LogP contribution in [-0.2, 0) is 13.0 Å². The third-order valence-electron chi connectivity index (χ3n) is 3.51. The van der Waals surface area contributed by atoms with E-state index in [4.69, 9.17) is 4.98 Å². The topological polar surface area (TPSA) is 42.7 Å². The smallest absolute Gasteiger partial charge is 0.143 e. The van der Waals surface area contributed by atoms with Crippen molar-refractivity contribution >= 4 is 0 Å². The van der Waals surface area contributed by atoms with E-state index in [0.29, 0.717) is 0 Å². The number of nitrogens with one attached hydrogen (secondary N) is 1. The summed E-state index contributed by atoms with van der Waals surface area (Å²) < 4.78 is 2.11. The maximum atomic E-state index is 4.77. The minimum absolute atomic E-state index is 0.0805. The molecule has 4 heteroatoms. The number of imidazole rings is 1. The monoisotopic (exact) mass is 286 g/mol. The summed E-state index contributed by atoms with van der Waals surface area (Å²) in [6.07, 6.45) is 4.74. The van der Waals surface area contributed by atoms with E-state index in [0.717, 1.165) is 30.3 Å². The molecule has 0 fully saturated rings. The summed E-state index contributed by atoms with van der Waals surface area (Å²) in [6.45, 7) is 13.7. The minimum Gasteiger partial charge on any atom is -0.308 e. The lowest BCUT2D eigenvalue weighted by molar-refractivity contribution is 0.423. The average Bonchev–Trinajstić information content (AvgIpc) is 2.83. The molecule has 114 valence electrons. The SMILES string of the molecule is CCc1nccn1-c1nc(C)cc(C)c1CNC(C)(C)C. The van der Waals surface area contributed by atoms with Crippen molar-refractivity contribution in [3.63, 3.8) is 0 Å². The van der Waals surface area contributed by atoms with Gasteiger partial charge < -0.3 is 5.32 Å². The number of hydrogen-bond donors (Lipinski definition) is 1. The van der Waals surface area contributed by atoms with E-state index in [-0.39, 0.29) is 5.54 Å². The highest BCUT2D eigenvalue weighted by molar-refractivity contribution is 5.42. The van der Waals surface area contributed by atoms with Gasteiger partial charge in [-0.05, 0) is 46.2 Å². The second kappa shape index (κ2) is 5.98. The lowest BCUT2D eigenvalue weighted by Crippen LogP contribution is -2.35. The predicted molar refractivity (Wildman–Crippen MR) is 86.8 cm³/mol. The van der Waals surface area contributed by atoms with Gasteiger partial charge >= 0.3 is 0 Å². The van der Waals surface area contributed by atoms with E-state index in [9.17, 15) is 0 Å². The summed E-state index contributed by atoms with van der Waals surface area (Å²) in [7, 11) is 0. The number of hydrogen-bond acceptors (Lipinski definition) is 3. The molecule has 2 aromatic heterocycles. The first-order chi connectivity index (χ1) is 9.81. The maximum Gasteiger partial charge on any atom is 0.143 e. The molecule has 2 aromatic rings. The fourth-order valence-corrected chi connectivity index (χ4v) is 2.40. The summed E-state index contributed by atoms with van der Waals surface area (Å²) >= 11 is 0. The highest BCUT2D eigenvalue weighted by atomic mass is 15.1. The number of rotatable bonds is 4. The Bertz CT molecular complexity index is 620. The van der Waals surface area contributed by atoms with E-state index in [1.54, 1.807) is 0 Å². The number of aryl methyl sites for hydroxylation is 3. The molecule has 0 aromatic carbocycles. The highest BCUT2D eigenvalue weighted by Crippen LogP contribution is 2.20. The van der Waals surface area contributed by atoms with Gasteiger partial charge in [-0.15, -0.1) is 0 Å². The van der Waals surface area contributed by atoms with Crippen LogP contribution in [0.5, 0.6) is 0 Å². The van der Waals surface area contributed by atoms with Gasteiger partial charge in [0.05, 0.1) is 0 Å². The van der Waals surface area contributed by atoms with Crippen LogP contribution in [0.4, 0.5) is 0 Å². The predicted octanol–water partition coefficient (Wildman–Crippen LogP) is 3.33. The van der Waals surface area contributed by atoms with Crippen LogP contribution in [0.2, 0.25) is 0 Å². The molecule has 0 unspecified atom stereocenters. The first-order valence-corrected chi connectivity index (χ1v) is 7.56. The molecule has 0 saturated heterocycles. The highest BCUT2D eigenvalue weighted by Gasteiger charge is 2.16. The zero-order valence-electron chi connectivity index (χ0n) is 14.0. The van der Waals surface area contributed by atoms with Crippen LogP contribution in [-0.4, -0.2) is 20.1 Å². The minimum atomic E-state index is 0.0805. The average molecular weight is 286 g/mol. The molecule has 21 heavy (non-hydrogen) atoms. The Morgan fingerprint density at radius 2 is 1.95 bits per heavy atom. The van der Waals surface area contributed by atoms with Crippen molar-refractivity contribution in [3.05, 3.63) is 41.1 Å². The van der Waals surface area contributed by atoms with Crippen molar-refractivity contribution < 1.29 is 0 Å². The van der Waals surface area contributed by atoms with Crippen molar-refractivity contribution in [1.82, 2.24) is 19.9 Å². The van der Waals surface area contributed by atoms with Crippen molar-refractivity contribution in [2.24, 2.45) is 0 Å². The van der Waals surface area contributed by atoms with E-state index in [1.807, 2.05) is 19.3 Å². The largest absolute Gasteiger partial charge is 0.308 e. The van der Waals surface area contributed by atoms with Gasteiger partial charge in [-0.25, -0.2) is 9.97 Å². The molecular formula is C17H26N4. The van der Waals surface area contributed by atoms with Crippen LogP contribution in [0.25, 0.3) is 5.82 Å². The van der Waals surface area contributed by atoms with Gasteiger partial charge in [0.2, 0.25) is 0 Å².